The van der Waals surface area contributed by atoms with E-state index in [0.29, 0.717) is 11.1 Å². The lowest BCUT2D eigenvalue weighted by Crippen LogP contribution is -2.65. The Hall–Kier alpha value is -2.25. The standard InChI is InChI=1S/C12H17N3O6/c1-11(2,3)21-8-4-5-15(10(19)20)12(8,9(17)18)7(16)6-14-13/h6,8H,4-5H2,1-3H3,(H,17,18)(H,19,20)/t8-,12-/m1/s1. The number of carbonyl (C=O) groups excluding carboxylic acids is 1. The fourth-order valence-electron chi connectivity index (χ4n) is 2.42. The summed E-state index contributed by atoms with van der Waals surface area (Å²) in [5.74, 6) is -2.83. The number of aliphatic carboxylic acids is 1. The number of hydrogen-bond acceptors (Lipinski definition) is 4. The maximum atomic E-state index is 12.1. The molecule has 0 radical (unpaired) electrons. The lowest BCUT2D eigenvalue weighted by Gasteiger charge is -2.36. The number of carboxylic acids is 1. The molecule has 1 heterocycles. The summed E-state index contributed by atoms with van der Waals surface area (Å²) in [5, 5.41) is 18.7. The number of carboxylic acid groups (broad SMARTS) is 2. The van der Waals surface area contributed by atoms with Crippen molar-refractivity contribution >= 4 is 24.1 Å². The molecular formula is C12H17N3O6. The molecular weight excluding hydrogens is 282 g/mol. The predicted octanol–water partition coefficient (Wildman–Crippen LogP) is 0.247. The van der Waals surface area contributed by atoms with Crippen LogP contribution in [-0.2, 0) is 14.3 Å². The summed E-state index contributed by atoms with van der Waals surface area (Å²) in [5.41, 5.74) is 5.25. The summed E-state index contributed by atoms with van der Waals surface area (Å²) >= 11 is 0. The molecule has 1 saturated heterocycles. The molecule has 0 unspecified atom stereocenters. The van der Waals surface area contributed by atoms with E-state index < -0.39 is 35.1 Å². The van der Waals surface area contributed by atoms with E-state index in [0.717, 1.165) is 0 Å². The molecule has 2 N–H and O–H groups in total. The predicted molar refractivity (Wildman–Crippen MR) is 69.0 cm³/mol. The Morgan fingerprint density at radius 2 is 1.95 bits per heavy atom. The van der Waals surface area contributed by atoms with E-state index in [1.807, 2.05) is 0 Å². The van der Waals surface area contributed by atoms with Crippen LogP contribution >= 0.6 is 0 Å². The monoisotopic (exact) mass is 299 g/mol. The van der Waals surface area contributed by atoms with Crippen LogP contribution in [0.5, 0.6) is 0 Å². The molecule has 1 aliphatic rings. The highest BCUT2D eigenvalue weighted by Crippen LogP contribution is 2.35. The highest BCUT2D eigenvalue weighted by molar-refractivity contribution is 6.36. The molecule has 0 spiro atoms. The SMILES string of the molecule is CC(C)(C)O[C@@H]1CCN(C(=O)O)[C@]1(C(=O)O)C(=O)C=[N+]=[N-]. The van der Waals surface area contributed by atoms with Crippen molar-refractivity contribution in [3.8, 4) is 0 Å². The zero-order valence-corrected chi connectivity index (χ0v) is 11.9. The molecule has 0 aromatic heterocycles. The summed E-state index contributed by atoms with van der Waals surface area (Å²) in [6.07, 6.45) is -2.32. The lowest BCUT2D eigenvalue weighted by molar-refractivity contribution is -0.167. The molecule has 0 aromatic carbocycles. The molecule has 2 atom stereocenters. The number of likely N-dealkylation sites (tertiary alicyclic amines) is 1. The molecule has 0 bridgehead atoms. The Kier molecular flexibility index (Phi) is 4.50. The molecule has 9 nitrogen and oxygen atoms in total. The minimum absolute atomic E-state index is 0.0425. The van der Waals surface area contributed by atoms with E-state index in [4.69, 9.17) is 10.3 Å². The summed E-state index contributed by atoms with van der Waals surface area (Å²) in [6.45, 7) is 4.81. The van der Waals surface area contributed by atoms with Gasteiger partial charge in [0.05, 0.1) is 5.60 Å². The van der Waals surface area contributed by atoms with Crippen LogP contribution in [0, 0.1) is 0 Å². The second kappa shape index (κ2) is 5.63. The molecule has 9 heteroatoms. The molecule has 116 valence electrons. The van der Waals surface area contributed by atoms with Crippen molar-refractivity contribution in [2.75, 3.05) is 6.54 Å². The maximum absolute atomic E-state index is 12.1. The first-order valence-corrected chi connectivity index (χ1v) is 6.21. The van der Waals surface area contributed by atoms with Crippen LogP contribution in [0.15, 0.2) is 0 Å². The number of Topliss-reactive ketones (excluding diaryl/α,β-unsaturated/α-hetero) is 1. The minimum atomic E-state index is -2.45. The second-order valence-corrected chi connectivity index (χ2v) is 5.62. The third kappa shape index (κ3) is 2.93. The van der Waals surface area contributed by atoms with Crippen molar-refractivity contribution < 1.29 is 34.1 Å². The Morgan fingerprint density at radius 1 is 1.38 bits per heavy atom. The average molecular weight is 299 g/mol. The van der Waals surface area contributed by atoms with E-state index in [9.17, 15) is 24.6 Å². The fraction of sp³-hybridized carbons (Fsp3) is 0.667. The molecule has 1 aliphatic heterocycles. The van der Waals surface area contributed by atoms with Crippen LogP contribution in [0.25, 0.3) is 5.53 Å². The highest BCUT2D eigenvalue weighted by Gasteiger charge is 2.64. The zero-order valence-electron chi connectivity index (χ0n) is 11.9. The number of nitrogens with zero attached hydrogens (tertiary/aromatic N) is 3. The topological polar surface area (TPSA) is 141 Å². The van der Waals surface area contributed by atoms with Crippen molar-refractivity contribution in [3.63, 3.8) is 0 Å². The number of rotatable bonds is 4. The number of amides is 1. The zero-order chi connectivity index (χ0) is 16.4. The fourth-order valence-corrected chi connectivity index (χ4v) is 2.42. The summed E-state index contributed by atoms with van der Waals surface area (Å²) in [6, 6.07) is 0. The van der Waals surface area contributed by atoms with E-state index in [1.54, 1.807) is 20.8 Å². The Morgan fingerprint density at radius 3 is 2.33 bits per heavy atom. The van der Waals surface area contributed by atoms with E-state index in [2.05, 4.69) is 4.79 Å². The maximum Gasteiger partial charge on any atom is 0.408 e. The van der Waals surface area contributed by atoms with Gasteiger partial charge in [0.1, 0.15) is 6.10 Å². The molecule has 0 aromatic rings. The van der Waals surface area contributed by atoms with Gasteiger partial charge in [0, 0.05) is 6.54 Å². The van der Waals surface area contributed by atoms with Crippen LogP contribution in [0.2, 0.25) is 0 Å². The summed E-state index contributed by atoms with van der Waals surface area (Å²) < 4.78 is 5.57. The Labute approximate surface area is 120 Å². The van der Waals surface area contributed by atoms with Crippen molar-refractivity contribution in [3.05, 3.63) is 5.53 Å². The van der Waals surface area contributed by atoms with Crippen molar-refractivity contribution in [1.29, 1.82) is 0 Å². The Balaban J connectivity index is 3.44. The van der Waals surface area contributed by atoms with Crippen molar-refractivity contribution in [2.45, 2.75) is 44.4 Å². The quantitative estimate of drug-likeness (QED) is 0.330. The first-order chi connectivity index (χ1) is 9.57. The van der Waals surface area contributed by atoms with Crippen LogP contribution in [0.3, 0.4) is 0 Å². The van der Waals surface area contributed by atoms with Gasteiger partial charge in [-0.25, -0.2) is 9.59 Å². The second-order valence-electron chi connectivity index (χ2n) is 5.62. The smallest absolute Gasteiger partial charge is 0.408 e. The van der Waals surface area contributed by atoms with Gasteiger partial charge in [-0.15, -0.1) is 0 Å². The van der Waals surface area contributed by atoms with Gasteiger partial charge in [0.25, 0.3) is 5.78 Å². The van der Waals surface area contributed by atoms with Crippen LogP contribution in [-0.4, -0.2) is 67.8 Å². The van der Waals surface area contributed by atoms with Gasteiger partial charge < -0.3 is 20.5 Å². The third-order valence-corrected chi connectivity index (χ3v) is 3.11. The largest absolute Gasteiger partial charge is 0.479 e. The molecule has 0 aliphatic carbocycles. The van der Waals surface area contributed by atoms with Crippen molar-refractivity contribution in [2.24, 2.45) is 0 Å². The first kappa shape index (κ1) is 16.8. The van der Waals surface area contributed by atoms with Crippen LogP contribution in [0.4, 0.5) is 4.79 Å². The first-order valence-electron chi connectivity index (χ1n) is 6.21. The minimum Gasteiger partial charge on any atom is -0.479 e. The molecule has 1 fully saturated rings. The number of ether oxygens (including phenoxy) is 1. The van der Waals surface area contributed by atoms with E-state index in [-0.39, 0.29) is 13.0 Å². The average Bonchev–Trinajstić information content (AvgIpc) is 2.67. The normalized spacial score (nSPS) is 25.3. The molecule has 1 amide bonds. The van der Waals surface area contributed by atoms with Gasteiger partial charge in [-0.3, -0.25) is 9.69 Å². The van der Waals surface area contributed by atoms with E-state index >= 15 is 0 Å². The molecule has 0 saturated carbocycles. The van der Waals surface area contributed by atoms with Crippen LogP contribution < -0.4 is 0 Å². The summed E-state index contributed by atoms with van der Waals surface area (Å²) in [4.78, 5) is 38.2. The van der Waals surface area contributed by atoms with Gasteiger partial charge >= 0.3 is 18.3 Å². The molecule has 1 rings (SSSR count). The number of carbonyl (C=O) groups is 3. The highest BCUT2D eigenvalue weighted by atomic mass is 16.5. The molecule has 21 heavy (non-hydrogen) atoms. The van der Waals surface area contributed by atoms with Gasteiger partial charge in [0.2, 0.25) is 5.54 Å². The third-order valence-electron chi connectivity index (χ3n) is 3.11. The van der Waals surface area contributed by atoms with Gasteiger partial charge in [-0.05, 0) is 27.2 Å². The lowest BCUT2D eigenvalue weighted by atomic mass is 9.88. The van der Waals surface area contributed by atoms with Crippen LogP contribution in [0.1, 0.15) is 27.2 Å². The number of ketones is 1. The van der Waals surface area contributed by atoms with E-state index in [1.165, 1.54) is 0 Å². The Bertz CT molecular complexity index is 520. The van der Waals surface area contributed by atoms with Crippen molar-refractivity contribution in [1.82, 2.24) is 4.90 Å². The summed E-state index contributed by atoms with van der Waals surface area (Å²) in [7, 11) is 0. The van der Waals surface area contributed by atoms with Gasteiger partial charge in [0.15, 0.2) is 0 Å². The number of hydrogen-bond donors (Lipinski definition) is 2. The van der Waals surface area contributed by atoms with Gasteiger partial charge in [-0.1, -0.05) is 0 Å². The van der Waals surface area contributed by atoms with Gasteiger partial charge in [-0.2, -0.15) is 4.79 Å².